The molecule has 0 unspecified atom stereocenters. The topological polar surface area (TPSA) is 52.7 Å². The molecule has 1 aliphatic heterocycles. The van der Waals surface area contributed by atoms with E-state index in [-0.39, 0.29) is 17.6 Å². The minimum absolute atomic E-state index is 0.00994. The average Bonchev–Trinajstić information content (AvgIpc) is 2.56. The van der Waals surface area contributed by atoms with Gasteiger partial charge < -0.3 is 4.90 Å². The van der Waals surface area contributed by atoms with E-state index in [1.165, 1.54) is 24.3 Å². The van der Waals surface area contributed by atoms with E-state index in [4.69, 9.17) is 0 Å². The molecule has 1 aliphatic rings. The first kappa shape index (κ1) is 17.1. The molecule has 2 rings (SSSR count). The first-order chi connectivity index (χ1) is 11.0. The minimum atomic E-state index is -0.380. The molecule has 5 nitrogen and oxygen atoms in total. The summed E-state index contributed by atoms with van der Waals surface area (Å²) in [6, 6.07) is 5.37. The fraction of sp³-hybridized carbons (Fsp3) is 0.412. The van der Waals surface area contributed by atoms with Crippen molar-refractivity contribution in [3.63, 3.8) is 0 Å². The molecule has 124 valence electrons. The third kappa shape index (κ3) is 4.39. The lowest BCUT2D eigenvalue weighted by atomic mass is 10.1. The number of hydrazine groups is 1. The maximum Gasteiger partial charge on any atom is 0.265 e. The number of benzene rings is 1. The molecule has 0 saturated heterocycles. The predicted molar refractivity (Wildman–Crippen MR) is 86.1 cm³/mol. The van der Waals surface area contributed by atoms with Gasteiger partial charge in [-0.2, -0.15) is 0 Å². The quantitative estimate of drug-likeness (QED) is 0.903. The third-order valence-corrected chi connectivity index (χ3v) is 3.84. The molecule has 0 atom stereocenters. The molecule has 0 bridgehead atoms. The molecule has 1 N–H and O–H groups in total. The van der Waals surface area contributed by atoms with Crippen LogP contribution in [0.15, 0.2) is 35.9 Å². The van der Waals surface area contributed by atoms with Gasteiger partial charge in [-0.25, -0.2) is 9.40 Å². The van der Waals surface area contributed by atoms with Gasteiger partial charge in [0.25, 0.3) is 11.8 Å². The second-order valence-electron chi connectivity index (χ2n) is 5.36. The Kier molecular flexibility index (Phi) is 5.87. The molecular formula is C17H22FN3O2. The van der Waals surface area contributed by atoms with E-state index in [2.05, 4.69) is 5.43 Å². The van der Waals surface area contributed by atoms with E-state index < -0.39 is 0 Å². The summed E-state index contributed by atoms with van der Waals surface area (Å²) >= 11 is 0. The second-order valence-corrected chi connectivity index (χ2v) is 5.36. The summed E-state index contributed by atoms with van der Waals surface area (Å²) in [7, 11) is 0. The molecule has 0 radical (unpaired) electrons. The van der Waals surface area contributed by atoms with Crippen LogP contribution in [0.4, 0.5) is 4.39 Å². The molecule has 6 heteroatoms. The van der Waals surface area contributed by atoms with Gasteiger partial charge in [-0.1, -0.05) is 6.08 Å². The number of carbonyl (C=O) groups excluding carboxylic acids is 2. The van der Waals surface area contributed by atoms with Crippen LogP contribution in [0.25, 0.3) is 0 Å². The lowest BCUT2D eigenvalue weighted by Gasteiger charge is -2.29. The van der Waals surface area contributed by atoms with E-state index in [0.29, 0.717) is 43.7 Å². The van der Waals surface area contributed by atoms with Crippen molar-refractivity contribution < 1.29 is 14.0 Å². The van der Waals surface area contributed by atoms with Gasteiger partial charge in [0.15, 0.2) is 0 Å². The Hall–Kier alpha value is -2.21. The Morgan fingerprint density at radius 1 is 1.22 bits per heavy atom. The summed E-state index contributed by atoms with van der Waals surface area (Å²) in [5.74, 6) is -0.674. The number of nitrogens with zero attached hydrogens (tertiary/aromatic N) is 2. The van der Waals surface area contributed by atoms with E-state index in [1.54, 1.807) is 9.91 Å². The molecule has 0 aromatic heterocycles. The van der Waals surface area contributed by atoms with Crippen molar-refractivity contribution >= 4 is 11.8 Å². The highest BCUT2D eigenvalue weighted by Gasteiger charge is 2.22. The standard InChI is InChI=1S/C17H22FN3O2/c1-3-20(4-2)17(23)14-6-5-11-21(12-14)19-16(22)13-7-9-15(18)10-8-13/h6-10H,3-5,11-12H2,1-2H3,(H,19,22). The number of nitrogens with one attached hydrogen (secondary N) is 1. The van der Waals surface area contributed by atoms with Gasteiger partial charge in [-0.3, -0.25) is 15.0 Å². The number of hydrogen-bond donors (Lipinski definition) is 1. The molecule has 1 aromatic carbocycles. The second kappa shape index (κ2) is 7.87. The Balaban J connectivity index is 1.97. The normalized spacial score (nSPS) is 15.0. The Morgan fingerprint density at radius 3 is 2.48 bits per heavy atom. The largest absolute Gasteiger partial charge is 0.339 e. The summed E-state index contributed by atoms with van der Waals surface area (Å²) in [4.78, 5) is 26.3. The summed E-state index contributed by atoms with van der Waals surface area (Å²) in [6.07, 6.45) is 2.63. The van der Waals surface area contributed by atoms with Crippen LogP contribution in [-0.4, -0.2) is 47.9 Å². The highest BCUT2D eigenvalue weighted by molar-refractivity contribution is 5.95. The molecule has 1 aromatic rings. The third-order valence-electron chi connectivity index (χ3n) is 3.84. The van der Waals surface area contributed by atoms with Crippen LogP contribution >= 0.6 is 0 Å². The average molecular weight is 319 g/mol. The number of amides is 2. The van der Waals surface area contributed by atoms with E-state index in [1.807, 2.05) is 19.9 Å². The van der Waals surface area contributed by atoms with Crippen LogP contribution in [0.2, 0.25) is 0 Å². The van der Waals surface area contributed by atoms with Gasteiger partial charge in [-0.15, -0.1) is 0 Å². The van der Waals surface area contributed by atoms with Gasteiger partial charge >= 0.3 is 0 Å². The van der Waals surface area contributed by atoms with Gasteiger partial charge in [0.2, 0.25) is 0 Å². The van der Waals surface area contributed by atoms with Crippen molar-refractivity contribution in [2.24, 2.45) is 0 Å². The first-order valence-corrected chi connectivity index (χ1v) is 7.85. The van der Waals surface area contributed by atoms with Crippen molar-refractivity contribution in [3.8, 4) is 0 Å². The van der Waals surface area contributed by atoms with Crippen LogP contribution in [0.3, 0.4) is 0 Å². The van der Waals surface area contributed by atoms with Crippen molar-refractivity contribution in [2.75, 3.05) is 26.2 Å². The Morgan fingerprint density at radius 2 is 1.87 bits per heavy atom. The number of carbonyl (C=O) groups is 2. The highest BCUT2D eigenvalue weighted by Crippen LogP contribution is 2.12. The molecule has 0 aliphatic carbocycles. The van der Waals surface area contributed by atoms with Crippen molar-refractivity contribution in [1.29, 1.82) is 0 Å². The smallest absolute Gasteiger partial charge is 0.265 e. The van der Waals surface area contributed by atoms with Gasteiger partial charge in [0.05, 0.1) is 0 Å². The molecule has 2 amide bonds. The summed E-state index contributed by atoms with van der Waals surface area (Å²) in [5.41, 5.74) is 3.86. The summed E-state index contributed by atoms with van der Waals surface area (Å²) < 4.78 is 12.9. The molecule has 1 heterocycles. The zero-order chi connectivity index (χ0) is 16.8. The fourth-order valence-corrected chi connectivity index (χ4v) is 2.52. The van der Waals surface area contributed by atoms with Crippen molar-refractivity contribution in [1.82, 2.24) is 15.3 Å². The van der Waals surface area contributed by atoms with Crippen LogP contribution < -0.4 is 5.43 Å². The van der Waals surface area contributed by atoms with Crippen LogP contribution in [0.5, 0.6) is 0 Å². The van der Waals surface area contributed by atoms with E-state index in [9.17, 15) is 14.0 Å². The number of hydrogen-bond acceptors (Lipinski definition) is 3. The zero-order valence-corrected chi connectivity index (χ0v) is 13.5. The zero-order valence-electron chi connectivity index (χ0n) is 13.5. The minimum Gasteiger partial charge on any atom is -0.339 e. The number of rotatable bonds is 5. The maximum atomic E-state index is 12.9. The summed E-state index contributed by atoms with van der Waals surface area (Å²) in [6.45, 7) is 6.23. The van der Waals surface area contributed by atoms with Crippen LogP contribution in [0.1, 0.15) is 30.6 Å². The molecule has 0 fully saturated rings. The lowest BCUT2D eigenvalue weighted by molar-refractivity contribution is -0.127. The SMILES string of the molecule is CCN(CC)C(=O)C1=CCCN(NC(=O)c2ccc(F)cc2)C1. The summed E-state index contributed by atoms with van der Waals surface area (Å²) in [5, 5.41) is 1.72. The molecule has 0 saturated carbocycles. The van der Waals surface area contributed by atoms with Crippen LogP contribution in [0, 0.1) is 5.82 Å². The Labute approximate surface area is 135 Å². The Bertz CT molecular complexity index is 594. The number of likely N-dealkylation sites (N-methyl/N-ethyl adjacent to an activating group) is 1. The van der Waals surface area contributed by atoms with Crippen molar-refractivity contribution in [3.05, 3.63) is 47.3 Å². The van der Waals surface area contributed by atoms with Crippen molar-refractivity contribution in [2.45, 2.75) is 20.3 Å². The highest BCUT2D eigenvalue weighted by atomic mass is 19.1. The van der Waals surface area contributed by atoms with Crippen LogP contribution in [-0.2, 0) is 4.79 Å². The van der Waals surface area contributed by atoms with Gasteiger partial charge in [-0.05, 0) is 44.5 Å². The molecular weight excluding hydrogens is 297 g/mol. The first-order valence-electron chi connectivity index (χ1n) is 7.85. The monoisotopic (exact) mass is 319 g/mol. The molecule has 0 spiro atoms. The van der Waals surface area contributed by atoms with E-state index in [0.717, 1.165) is 0 Å². The lowest BCUT2D eigenvalue weighted by Crippen LogP contribution is -2.47. The fourth-order valence-electron chi connectivity index (χ4n) is 2.52. The number of halogens is 1. The van der Waals surface area contributed by atoms with Gasteiger partial charge in [0, 0.05) is 37.3 Å². The van der Waals surface area contributed by atoms with E-state index >= 15 is 0 Å². The predicted octanol–water partition coefficient (Wildman–Crippen LogP) is 1.97. The molecule has 23 heavy (non-hydrogen) atoms. The maximum absolute atomic E-state index is 12.9. The van der Waals surface area contributed by atoms with Gasteiger partial charge in [0.1, 0.15) is 5.82 Å².